The summed E-state index contributed by atoms with van der Waals surface area (Å²) in [6.07, 6.45) is 0. The third kappa shape index (κ3) is 2.29. The van der Waals surface area contributed by atoms with Gasteiger partial charge in [-0.2, -0.15) is 0 Å². The zero-order chi connectivity index (χ0) is 12.0. The fourth-order valence-electron chi connectivity index (χ4n) is 1.59. The van der Waals surface area contributed by atoms with Gasteiger partial charge < -0.3 is 0 Å². The standard InChI is InChI=1S/C12H5Cl3S2/c13-6-1-2-9-10(4-6)17-12-8(15)3-7(14)5-11(12)16-9/h1-5H. The molecule has 1 heterocycles. The van der Waals surface area contributed by atoms with Crippen LogP contribution in [-0.2, 0) is 0 Å². The smallest absolute Gasteiger partial charge is 0.0571 e. The van der Waals surface area contributed by atoms with Crippen LogP contribution in [0.2, 0.25) is 15.1 Å². The third-order valence-electron chi connectivity index (χ3n) is 2.31. The van der Waals surface area contributed by atoms with Crippen LogP contribution in [0.25, 0.3) is 0 Å². The van der Waals surface area contributed by atoms with Crippen LogP contribution in [0.3, 0.4) is 0 Å². The predicted molar refractivity (Wildman–Crippen MR) is 76.2 cm³/mol. The first-order valence-electron chi connectivity index (χ1n) is 4.78. The van der Waals surface area contributed by atoms with Crippen LogP contribution in [0.5, 0.6) is 0 Å². The van der Waals surface area contributed by atoms with Gasteiger partial charge in [0.05, 0.1) is 5.02 Å². The minimum Gasteiger partial charge on any atom is -0.0876 e. The summed E-state index contributed by atoms with van der Waals surface area (Å²) in [5, 5.41) is 2.10. The highest BCUT2D eigenvalue weighted by atomic mass is 35.5. The Hall–Kier alpha value is 0.01000. The van der Waals surface area contributed by atoms with E-state index in [1.54, 1.807) is 29.6 Å². The van der Waals surface area contributed by atoms with Crippen molar-refractivity contribution >= 4 is 58.3 Å². The van der Waals surface area contributed by atoms with Gasteiger partial charge >= 0.3 is 0 Å². The molecule has 0 saturated heterocycles. The average Bonchev–Trinajstić information content (AvgIpc) is 2.27. The van der Waals surface area contributed by atoms with E-state index in [1.165, 1.54) is 4.90 Å². The first-order chi connectivity index (χ1) is 8.13. The lowest BCUT2D eigenvalue weighted by atomic mass is 10.3. The molecule has 0 N–H and O–H groups in total. The van der Waals surface area contributed by atoms with E-state index in [-0.39, 0.29) is 0 Å². The molecule has 0 bridgehead atoms. The number of halogens is 3. The molecule has 2 aromatic rings. The summed E-state index contributed by atoms with van der Waals surface area (Å²) in [4.78, 5) is 4.47. The minimum absolute atomic E-state index is 0.666. The molecular formula is C12H5Cl3S2. The quantitative estimate of drug-likeness (QED) is 0.479. The van der Waals surface area contributed by atoms with Crippen molar-refractivity contribution in [1.29, 1.82) is 0 Å². The topological polar surface area (TPSA) is 0 Å². The molecule has 5 heteroatoms. The molecule has 86 valence electrons. The molecule has 1 aliphatic rings. The number of hydrogen-bond acceptors (Lipinski definition) is 2. The Morgan fingerprint density at radius 2 is 1.47 bits per heavy atom. The van der Waals surface area contributed by atoms with Crippen LogP contribution in [0.4, 0.5) is 0 Å². The van der Waals surface area contributed by atoms with E-state index in [0.29, 0.717) is 10.0 Å². The Balaban J connectivity index is 2.14. The van der Waals surface area contributed by atoms with Crippen LogP contribution in [0.1, 0.15) is 0 Å². The van der Waals surface area contributed by atoms with Gasteiger partial charge in [0, 0.05) is 29.6 Å². The zero-order valence-electron chi connectivity index (χ0n) is 8.34. The van der Waals surface area contributed by atoms with Crippen molar-refractivity contribution in [3.63, 3.8) is 0 Å². The van der Waals surface area contributed by atoms with Gasteiger partial charge in [-0.1, -0.05) is 58.3 Å². The van der Waals surface area contributed by atoms with Crippen LogP contribution in [0, 0.1) is 0 Å². The van der Waals surface area contributed by atoms with Gasteiger partial charge in [0.1, 0.15) is 0 Å². The lowest BCUT2D eigenvalue weighted by Crippen LogP contribution is -1.90. The SMILES string of the molecule is Clc1ccc2c(c1)Sc1c(Cl)cc(Cl)cc1S2. The van der Waals surface area contributed by atoms with Crippen molar-refractivity contribution < 1.29 is 0 Å². The van der Waals surface area contributed by atoms with Crippen molar-refractivity contribution in [1.82, 2.24) is 0 Å². The fourth-order valence-corrected chi connectivity index (χ4v) is 4.86. The van der Waals surface area contributed by atoms with Crippen LogP contribution >= 0.6 is 58.3 Å². The molecule has 17 heavy (non-hydrogen) atoms. The van der Waals surface area contributed by atoms with Gasteiger partial charge in [0.2, 0.25) is 0 Å². The maximum atomic E-state index is 6.20. The van der Waals surface area contributed by atoms with Crippen LogP contribution in [0.15, 0.2) is 49.9 Å². The highest BCUT2D eigenvalue weighted by molar-refractivity contribution is 8.05. The molecule has 3 rings (SSSR count). The average molecular weight is 320 g/mol. The van der Waals surface area contributed by atoms with Gasteiger partial charge in [-0.05, 0) is 30.3 Å². The van der Waals surface area contributed by atoms with E-state index in [1.807, 2.05) is 24.3 Å². The molecule has 0 amide bonds. The number of hydrogen-bond donors (Lipinski definition) is 0. The van der Waals surface area contributed by atoms with Gasteiger partial charge in [0.25, 0.3) is 0 Å². The second-order valence-corrected chi connectivity index (χ2v) is 6.93. The highest BCUT2D eigenvalue weighted by Gasteiger charge is 2.20. The molecule has 0 atom stereocenters. The largest absolute Gasteiger partial charge is 0.0876 e. The third-order valence-corrected chi connectivity index (χ3v) is 5.75. The first kappa shape index (κ1) is 12.1. The minimum atomic E-state index is 0.666. The Kier molecular flexibility index (Phi) is 3.26. The lowest BCUT2D eigenvalue weighted by molar-refractivity contribution is 1.16. The molecular weight excluding hydrogens is 315 g/mol. The Morgan fingerprint density at radius 1 is 0.706 bits per heavy atom. The van der Waals surface area contributed by atoms with E-state index < -0.39 is 0 Å². The predicted octanol–water partition coefficient (Wildman–Crippen LogP) is 6.26. The molecule has 0 radical (unpaired) electrons. The van der Waals surface area contributed by atoms with Gasteiger partial charge in [-0.25, -0.2) is 0 Å². The Labute approximate surface area is 123 Å². The van der Waals surface area contributed by atoms with Gasteiger partial charge in [-0.3, -0.25) is 0 Å². The summed E-state index contributed by atoms with van der Waals surface area (Å²) in [6, 6.07) is 9.59. The first-order valence-corrected chi connectivity index (χ1v) is 7.54. The summed E-state index contributed by atoms with van der Waals surface area (Å²) in [7, 11) is 0. The van der Waals surface area contributed by atoms with Gasteiger partial charge in [0.15, 0.2) is 0 Å². The van der Waals surface area contributed by atoms with Crippen LogP contribution < -0.4 is 0 Å². The summed E-state index contributed by atoms with van der Waals surface area (Å²) >= 11 is 21.5. The van der Waals surface area contributed by atoms with Crippen molar-refractivity contribution in [2.24, 2.45) is 0 Å². The fraction of sp³-hybridized carbons (Fsp3) is 0. The summed E-state index contributed by atoms with van der Waals surface area (Å²) in [6.45, 7) is 0. The summed E-state index contributed by atoms with van der Waals surface area (Å²) < 4.78 is 0. The van der Waals surface area contributed by atoms with Gasteiger partial charge in [-0.15, -0.1) is 0 Å². The second-order valence-electron chi connectivity index (χ2n) is 3.51. The second kappa shape index (κ2) is 4.60. The Bertz CT molecular complexity index is 611. The molecule has 0 aromatic heterocycles. The van der Waals surface area contributed by atoms with E-state index in [0.717, 1.165) is 19.7 Å². The van der Waals surface area contributed by atoms with E-state index in [4.69, 9.17) is 34.8 Å². The van der Waals surface area contributed by atoms with E-state index in [9.17, 15) is 0 Å². The molecule has 0 unspecified atom stereocenters. The van der Waals surface area contributed by atoms with E-state index >= 15 is 0 Å². The monoisotopic (exact) mass is 318 g/mol. The maximum absolute atomic E-state index is 6.20. The normalized spacial score (nSPS) is 13.1. The van der Waals surface area contributed by atoms with Crippen molar-refractivity contribution in [2.75, 3.05) is 0 Å². The summed E-state index contributed by atoms with van der Waals surface area (Å²) in [5.74, 6) is 0. The number of rotatable bonds is 0. The van der Waals surface area contributed by atoms with Crippen molar-refractivity contribution in [2.45, 2.75) is 19.6 Å². The molecule has 2 aromatic carbocycles. The summed E-state index contributed by atoms with van der Waals surface area (Å²) in [5.41, 5.74) is 0. The molecule has 0 saturated carbocycles. The van der Waals surface area contributed by atoms with Crippen molar-refractivity contribution in [3.8, 4) is 0 Å². The molecule has 0 aliphatic carbocycles. The number of benzene rings is 2. The number of fused-ring (bicyclic) bond motifs is 2. The molecule has 0 fully saturated rings. The van der Waals surface area contributed by atoms with Crippen molar-refractivity contribution in [3.05, 3.63) is 45.4 Å². The zero-order valence-corrected chi connectivity index (χ0v) is 12.2. The van der Waals surface area contributed by atoms with Crippen LogP contribution in [-0.4, -0.2) is 0 Å². The maximum Gasteiger partial charge on any atom is 0.0571 e. The molecule has 0 spiro atoms. The van der Waals surface area contributed by atoms with E-state index in [2.05, 4.69) is 0 Å². The highest BCUT2D eigenvalue weighted by Crippen LogP contribution is 2.52. The lowest BCUT2D eigenvalue weighted by Gasteiger charge is -2.19. The molecule has 1 aliphatic heterocycles. The molecule has 0 nitrogen and oxygen atoms in total. The Morgan fingerprint density at radius 3 is 2.29 bits per heavy atom.